The van der Waals surface area contributed by atoms with Gasteiger partial charge in [0.25, 0.3) is 0 Å². The SMILES string of the molecule is C=C[C@H]([C@H](O)CC/C(=C/c1ccccc1O)c1ccccn1)[C@H](O)c1cccs1. The quantitative estimate of drug-likeness (QED) is 0.433. The molecule has 3 rings (SSSR count). The Morgan fingerprint density at radius 3 is 2.52 bits per heavy atom. The third-order valence-electron chi connectivity index (χ3n) is 4.89. The van der Waals surface area contributed by atoms with Gasteiger partial charge in [0.05, 0.1) is 17.9 Å². The highest BCUT2D eigenvalue weighted by Gasteiger charge is 2.26. The van der Waals surface area contributed by atoms with Gasteiger partial charge in [0, 0.05) is 22.6 Å². The molecule has 0 amide bonds. The fraction of sp³-hybridized carbons (Fsp3) is 0.208. The molecule has 2 aromatic heterocycles. The number of benzene rings is 1. The first-order chi connectivity index (χ1) is 14.1. The van der Waals surface area contributed by atoms with Crippen molar-refractivity contribution in [2.45, 2.75) is 25.0 Å². The van der Waals surface area contributed by atoms with Crippen LogP contribution in [0.4, 0.5) is 0 Å². The van der Waals surface area contributed by atoms with Crippen LogP contribution in [0.5, 0.6) is 5.75 Å². The van der Waals surface area contributed by atoms with Crippen LogP contribution < -0.4 is 0 Å². The average Bonchev–Trinajstić information content (AvgIpc) is 3.28. The molecule has 29 heavy (non-hydrogen) atoms. The van der Waals surface area contributed by atoms with E-state index in [-0.39, 0.29) is 5.75 Å². The van der Waals surface area contributed by atoms with Crippen LogP contribution in [0, 0.1) is 5.92 Å². The Hall–Kier alpha value is -2.73. The molecule has 0 unspecified atom stereocenters. The summed E-state index contributed by atoms with van der Waals surface area (Å²) in [4.78, 5) is 5.23. The first-order valence-corrected chi connectivity index (χ1v) is 10.4. The number of allylic oxidation sites excluding steroid dienone is 1. The van der Waals surface area contributed by atoms with E-state index >= 15 is 0 Å². The second-order valence-electron chi connectivity index (χ2n) is 6.82. The fourth-order valence-corrected chi connectivity index (χ4v) is 4.03. The Bertz CT molecular complexity index is 938. The predicted octanol–water partition coefficient (Wildman–Crippen LogP) is 5.07. The number of aromatic nitrogens is 1. The molecular formula is C24H25NO3S. The van der Waals surface area contributed by atoms with Crippen LogP contribution >= 0.6 is 11.3 Å². The Balaban J connectivity index is 1.79. The lowest BCUT2D eigenvalue weighted by Crippen LogP contribution is -2.24. The summed E-state index contributed by atoms with van der Waals surface area (Å²) in [7, 11) is 0. The topological polar surface area (TPSA) is 73.6 Å². The van der Waals surface area contributed by atoms with Crippen molar-refractivity contribution >= 4 is 23.0 Å². The highest BCUT2D eigenvalue weighted by Crippen LogP contribution is 2.32. The number of thiophene rings is 1. The molecule has 0 bridgehead atoms. The number of rotatable bonds is 9. The minimum absolute atomic E-state index is 0.193. The molecule has 0 aliphatic carbocycles. The van der Waals surface area contributed by atoms with E-state index in [4.69, 9.17) is 0 Å². The smallest absolute Gasteiger partial charge is 0.122 e. The van der Waals surface area contributed by atoms with Gasteiger partial charge in [-0.25, -0.2) is 0 Å². The number of phenols is 1. The van der Waals surface area contributed by atoms with Gasteiger partial charge in [0.2, 0.25) is 0 Å². The average molecular weight is 408 g/mol. The molecule has 3 atom stereocenters. The van der Waals surface area contributed by atoms with Crippen molar-refractivity contribution < 1.29 is 15.3 Å². The van der Waals surface area contributed by atoms with E-state index in [2.05, 4.69) is 11.6 Å². The second-order valence-corrected chi connectivity index (χ2v) is 7.80. The van der Waals surface area contributed by atoms with Gasteiger partial charge in [0.1, 0.15) is 5.75 Å². The number of hydrogen-bond donors (Lipinski definition) is 3. The summed E-state index contributed by atoms with van der Waals surface area (Å²) in [5.74, 6) is -0.276. The zero-order valence-electron chi connectivity index (χ0n) is 16.1. The molecule has 3 N–H and O–H groups in total. The number of hydrogen-bond acceptors (Lipinski definition) is 5. The van der Waals surface area contributed by atoms with Crippen LogP contribution in [0.3, 0.4) is 0 Å². The lowest BCUT2D eigenvalue weighted by molar-refractivity contribution is 0.0343. The van der Waals surface area contributed by atoms with Crippen LogP contribution in [-0.4, -0.2) is 26.4 Å². The van der Waals surface area contributed by atoms with Crippen molar-refractivity contribution in [2.24, 2.45) is 5.92 Å². The number of para-hydroxylation sites is 1. The summed E-state index contributed by atoms with van der Waals surface area (Å²) in [5.41, 5.74) is 2.39. The molecule has 5 heteroatoms. The normalized spacial score (nSPS) is 14.9. The minimum atomic E-state index is -0.789. The summed E-state index contributed by atoms with van der Waals surface area (Å²) in [5, 5.41) is 33.4. The molecule has 0 aliphatic heterocycles. The summed E-state index contributed by atoms with van der Waals surface area (Å²) in [6.07, 6.45) is 4.63. The molecule has 4 nitrogen and oxygen atoms in total. The number of phenolic OH excluding ortho intramolecular Hbond substituents is 1. The van der Waals surface area contributed by atoms with Crippen LogP contribution in [-0.2, 0) is 0 Å². The van der Waals surface area contributed by atoms with E-state index in [0.29, 0.717) is 18.4 Å². The van der Waals surface area contributed by atoms with Crippen molar-refractivity contribution in [3.63, 3.8) is 0 Å². The standard InChI is InChI=1S/C24H25NO3S/c1-2-19(24(28)23-11-7-15-29-23)22(27)13-12-17(20-9-5-6-14-25-20)16-18-8-3-4-10-21(18)26/h2-11,14-16,19,22,24,26-28H,1,12-13H2/b17-16-/t19-,22-,24+/m1/s1. The zero-order valence-corrected chi connectivity index (χ0v) is 16.9. The number of nitrogens with zero attached hydrogens (tertiary/aromatic N) is 1. The van der Waals surface area contributed by atoms with E-state index in [1.165, 1.54) is 11.3 Å². The first kappa shape index (κ1) is 21.0. The third-order valence-corrected chi connectivity index (χ3v) is 5.83. The number of aliphatic hydroxyl groups is 2. The lowest BCUT2D eigenvalue weighted by atomic mass is 9.90. The maximum atomic E-state index is 10.8. The molecule has 3 aromatic rings. The van der Waals surface area contributed by atoms with Crippen LogP contribution in [0.1, 0.15) is 35.1 Å². The van der Waals surface area contributed by atoms with Gasteiger partial charge in [-0.15, -0.1) is 17.9 Å². The van der Waals surface area contributed by atoms with Crippen molar-refractivity contribution in [1.82, 2.24) is 4.98 Å². The van der Waals surface area contributed by atoms with Gasteiger partial charge >= 0.3 is 0 Å². The minimum Gasteiger partial charge on any atom is -0.507 e. The predicted molar refractivity (Wildman–Crippen MR) is 118 cm³/mol. The molecule has 0 spiro atoms. The highest BCUT2D eigenvalue weighted by atomic mass is 32.1. The largest absolute Gasteiger partial charge is 0.507 e. The van der Waals surface area contributed by atoms with Crippen LogP contribution in [0.25, 0.3) is 11.6 Å². The molecule has 0 saturated carbocycles. The summed E-state index contributed by atoms with van der Waals surface area (Å²) in [6.45, 7) is 3.80. The zero-order chi connectivity index (χ0) is 20.6. The van der Waals surface area contributed by atoms with E-state index in [0.717, 1.165) is 16.1 Å². The number of aromatic hydroxyl groups is 1. The van der Waals surface area contributed by atoms with Crippen molar-refractivity contribution in [1.29, 1.82) is 0 Å². The maximum Gasteiger partial charge on any atom is 0.122 e. The fourth-order valence-electron chi connectivity index (χ4n) is 3.27. The van der Waals surface area contributed by atoms with Gasteiger partial charge in [-0.1, -0.05) is 36.4 Å². The van der Waals surface area contributed by atoms with E-state index in [1.54, 1.807) is 24.4 Å². The summed E-state index contributed by atoms with van der Waals surface area (Å²) >= 11 is 1.46. The van der Waals surface area contributed by atoms with Gasteiger partial charge in [-0.05, 0) is 54.1 Å². The van der Waals surface area contributed by atoms with Gasteiger partial charge in [0.15, 0.2) is 0 Å². The summed E-state index contributed by atoms with van der Waals surface area (Å²) < 4.78 is 0. The number of aliphatic hydroxyl groups excluding tert-OH is 2. The van der Waals surface area contributed by atoms with Gasteiger partial charge in [-0.2, -0.15) is 0 Å². The molecule has 150 valence electrons. The Morgan fingerprint density at radius 1 is 1.07 bits per heavy atom. The molecule has 0 radical (unpaired) electrons. The molecule has 2 heterocycles. The van der Waals surface area contributed by atoms with Crippen molar-refractivity contribution in [3.05, 3.63) is 95.0 Å². The van der Waals surface area contributed by atoms with Crippen LogP contribution in [0.15, 0.2) is 78.8 Å². The Kier molecular flexibility index (Phi) is 7.36. The summed E-state index contributed by atoms with van der Waals surface area (Å²) in [6, 6.07) is 16.5. The van der Waals surface area contributed by atoms with Crippen molar-refractivity contribution in [2.75, 3.05) is 0 Å². The highest BCUT2D eigenvalue weighted by molar-refractivity contribution is 7.10. The van der Waals surface area contributed by atoms with E-state index < -0.39 is 18.1 Å². The van der Waals surface area contributed by atoms with Gasteiger partial charge < -0.3 is 15.3 Å². The third kappa shape index (κ3) is 5.41. The molecule has 0 aliphatic rings. The molecule has 0 saturated heterocycles. The first-order valence-electron chi connectivity index (χ1n) is 9.52. The maximum absolute atomic E-state index is 10.8. The monoisotopic (exact) mass is 407 g/mol. The second kappa shape index (κ2) is 10.2. The molecule has 1 aromatic carbocycles. The molecular weight excluding hydrogens is 382 g/mol. The molecule has 0 fully saturated rings. The van der Waals surface area contributed by atoms with Crippen LogP contribution in [0.2, 0.25) is 0 Å². The Labute approximate surface area is 175 Å². The van der Waals surface area contributed by atoms with Crippen molar-refractivity contribution in [3.8, 4) is 5.75 Å². The van der Waals surface area contributed by atoms with Gasteiger partial charge in [-0.3, -0.25) is 4.98 Å². The van der Waals surface area contributed by atoms with E-state index in [1.807, 2.05) is 53.9 Å². The number of pyridine rings is 1. The Morgan fingerprint density at radius 2 is 1.86 bits per heavy atom. The lowest BCUT2D eigenvalue weighted by Gasteiger charge is -2.24. The van der Waals surface area contributed by atoms with E-state index in [9.17, 15) is 15.3 Å².